The molecule has 0 N–H and O–H groups in total. The van der Waals surface area contributed by atoms with Crippen LogP contribution in [0.2, 0.25) is 0 Å². The van der Waals surface area contributed by atoms with Crippen LogP contribution < -0.4 is 4.90 Å². The average Bonchev–Trinajstić information content (AvgIpc) is 3.61. The number of aromatic nitrogens is 3. The predicted molar refractivity (Wildman–Crippen MR) is 160 cm³/mol. The number of esters is 1. The summed E-state index contributed by atoms with van der Waals surface area (Å²) in [5, 5.41) is 5.75. The molecule has 1 fully saturated rings. The van der Waals surface area contributed by atoms with Crippen LogP contribution in [0.15, 0.2) is 91.0 Å². The highest BCUT2D eigenvalue weighted by atomic mass is 16.5. The smallest absolute Gasteiger partial charge is 0.357 e. The molecule has 0 amide bonds. The Morgan fingerprint density at radius 3 is 2.40 bits per heavy atom. The quantitative estimate of drug-likeness (QED) is 0.202. The van der Waals surface area contributed by atoms with Crippen LogP contribution in [0, 0.1) is 12.8 Å². The minimum absolute atomic E-state index is 0.284. The molecule has 1 aliphatic rings. The van der Waals surface area contributed by atoms with Gasteiger partial charge in [-0.1, -0.05) is 60.7 Å². The summed E-state index contributed by atoms with van der Waals surface area (Å²) in [4.78, 5) is 20.0. The van der Waals surface area contributed by atoms with Gasteiger partial charge in [-0.15, -0.1) is 0 Å². The number of hydrogen-bond donors (Lipinski definition) is 0. The second kappa shape index (κ2) is 11.3. The summed E-state index contributed by atoms with van der Waals surface area (Å²) in [6.07, 6.45) is 3.57. The van der Waals surface area contributed by atoms with E-state index in [1.54, 1.807) is 6.92 Å². The maximum Gasteiger partial charge on any atom is 0.357 e. The van der Waals surface area contributed by atoms with Crippen molar-refractivity contribution in [2.75, 3.05) is 24.6 Å². The zero-order valence-electron chi connectivity index (χ0n) is 23.1. The lowest BCUT2D eigenvalue weighted by atomic mass is 9.99. The summed E-state index contributed by atoms with van der Waals surface area (Å²) in [7, 11) is 0. The van der Waals surface area contributed by atoms with Crippen LogP contribution in [0.5, 0.6) is 0 Å². The Morgan fingerprint density at radius 1 is 0.950 bits per heavy atom. The first-order valence-corrected chi connectivity index (χ1v) is 14.1. The molecule has 0 radical (unpaired) electrons. The Kier molecular flexibility index (Phi) is 7.32. The first kappa shape index (κ1) is 25.8. The number of ether oxygens (including phenoxy) is 1. The molecule has 0 aliphatic carbocycles. The fraction of sp³-hybridized carbons (Fsp3) is 0.265. The first-order valence-electron chi connectivity index (χ1n) is 14.1. The van der Waals surface area contributed by atoms with E-state index in [4.69, 9.17) is 14.8 Å². The predicted octanol–water partition coefficient (Wildman–Crippen LogP) is 7.03. The second-order valence-electron chi connectivity index (χ2n) is 10.5. The van der Waals surface area contributed by atoms with E-state index in [2.05, 4.69) is 59.5 Å². The highest BCUT2D eigenvalue weighted by Gasteiger charge is 2.24. The number of nitrogens with zero attached hydrogens (tertiary/aromatic N) is 4. The van der Waals surface area contributed by atoms with Gasteiger partial charge in [0.2, 0.25) is 0 Å². The van der Waals surface area contributed by atoms with E-state index in [1.165, 1.54) is 24.1 Å². The molecule has 1 aliphatic heterocycles. The van der Waals surface area contributed by atoms with Crippen LogP contribution in [0.3, 0.4) is 0 Å². The number of pyridine rings is 1. The van der Waals surface area contributed by atoms with Crippen molar-refractivity contribution >= 4 is 22.7 Å². The molecule has 6 heteroatoms. The molecule has 3 heterocycles. The number of fused-ring (bicyclic) bond motifs is 1. The molecule has 5 aromatic rings. The molecule has 2 aromatic heterocycles. The number of anilines is 1. The van der Waals surface area contributed by atoms with Gasteiger partial charge in [0, 0.05) is 18.8 Å². The van der Waals surface area contributed by atoms with Gasteiger partial charge in [-0.2, -0.15) is 5.10 Å². The lowest BCUT2D eigenvalue weighted by Gasteiger charge is -2.19. The molecule has 3 aromatic carbocycles. The van der Waals surface area contributed by atoms with E-state index in [9.17, 15) is 4.79 Å². The van der Waals surface area contributed by atoms with Crippen LogP contribution in [0.25, 0.3) is 27.8 Å². The minimum Gasteiger partial charge on any atom is -0.461 e. The van der Waals surface area contributed by atoms with Crippen molar-refractivity contribution < 1.29 is 9.53 Å². The van der Waals surface area contributed by atoms with Crippen molar-refractivity contribution in [1.82, 2.24) is 14.8 Å². The van der Waals surface area contributed by atoms with Gasteiger partial charge in [-0.25, -0.2) is 14.5 Å². The summed E-state index contributed by atoms with van der Waals surface area (Å²) >= 11 is 0. The maximum atomic E-state index is 12.8. The van der Waals surface area contributed by atoms with Gasteiger partial charge < -0.3 is 9.64 Å². The third kappa shape index (κ3) is 5.22. The second-order valence-corrected chi connectivity index (χ2v) is 10.5. The molecule has 202 valence electrons. The van der Waals surface area contributed by atoms with Crippen LogP contribution in [-0.4, -0.2) is 40.4 Å². The molecular formula is C34H34N4O2. The van der Waals surface area contributed by atoms with Crippen LogP contribution >= 0.6 is 0 Å². The SMILES string of the molecule is CCOC(=O)c1cc(-c2ccc(N3CCC(CCc4ccccc4)C3)cc2)c2c(C)nn(-c3ccccc3)c2n1. The molecule has 6 rings (SSSR count). The van der Waals surface area contributed by atoms with E-state index >= 15 is 0 Å². The molecule has 0 spiro atoms. The number of benzene rings is 3. The fourth-order valence-corrected chi connectivity index (χ4v) is 5.75. The van der Waals surface area contributed by atoms with Gasteiger partial charge in [-0.05, 0) is 86.1 Å². The van der Waals surface area contributed by atoms with Crippen molar-refractivity contribution in [3.8, 4) is 16.8 Å². The van der Waals surface area contributed by atoms with Gasteiger partial charge in [0.25, 0.3) is 0 Å². The van der Waals surface area contributed by atoms with Gasteiger partial charge in [0.05, 0.1) is 23.4 Å². The lowest BCUT2D eigenvalue weighted by Crippen LogP contribution is -2.19. The van der Waals surface area contributed by atoms with Crippen molar-refractivity contribution in [2.45, 2.75) is 33.1 Å². The van der Waals surface area contributed by atoms with Crippen molar-refractivity contribution in [3.63, 3.8) is 0 Å². The summed E-state index contributed by atoms with van der Waals surface area (Å²) in [5.74, 6) is 0.276. The van der Waals surface area contributed by atoms with Crippen LogP contribution in [0.1, 0.15) is 41.5 Å². The molecule has 1 saturated heterocycles. The Hall–Kier alpha value is -4.45. The molecule has 0 saturated carbocycles. The van der Waals surface area contributed by atoms with E-state index in [-0.39, 0.29) is 5.69 Å². The molecule has 1 unspecified atom stereocenters. The zero-order valence-corrected chi connectivity index (χ0v) is 23.1. The normalized spacial score (nSPS) is 15.1. The fourth-order valence-electron chi connectivity index (χ4n) is 5.75. The monoisotopic (exact) mass is 530 g/mol. The minimum atomic E-state index is -0.431. The van der Waals surface area contributed by atoms with Gasteiger partial charge in [0.1, 0.15) is 0 Å². The standard InChI is InChI=1S/C34H34N4O2/c1-3-40-34(39)31-22-30(32-24(2)36-38(33(32)35-31)29-12-8-5-9-13-29)27-16-18-28(19-17-27)37-21-20-26(23-37)15-14-25-10-6-4-7-11-25/h4-13,16-19,22,26H,3,14-15,20-21,23H2,1-2H3. The highest BCUT2D eigenvalue weighted by Crippen LogP contribution is 2.34. The molecular weight excluding hydrogens is 496 g/mol. The van der Waals surface area contributed by atoms with Crippen molar-refractivity contribution in [1.29, 1.82) is 0 Å². The molecule has 1 atom stereocenters. The third-order valence-corrected chi connectivity index (χ3v) is 7.81. The zero-order chi connectivity index (χ0) is 27.5. The number of carbonyl (C=O) groups is 1. The third-order valence-electron chi connectivity index (χ3n) is 7.81. The number of aryl methyl sites for hydroxylation is 2. The molecule has 0 bridgehead atoms. The van der Waals surface area contributed by atoms with E-state index in [0.717, 1.165) is 47.4 Å². The Morgan fingerprint density at radius 2 is 1.68 bits per heavy atom. The molecule has 40 heavy (non-hydrogen) atoms. The highest BCUT2D eigenvalue weighted by molar-refractivity contribution is 6.00. The number of para-hydroxylation sites is 1. The largest absolute Gasteiger partial charge is 0.461 e. The van der Waals surface area contributed by atoms with Gasteiger partial charge in [-0.3, -0.25) is 0 Å². The van der Waals surface area contributed by atoms with Gasteiger partial charge in [0.15, 0.2) is 11.3 Å². The van der Waals surface area contributed by atoms with Gasteiger partial charge >= 0.3 is 5.97 Å². The Balaban J connectivity index is 1.29. The van der Waals surface area contributed by atoms with Crippen molar-refractivity contribution in [2.24, 2.45) is 5.92 Å². The summed E-state index contributed by atoms with van der Waals surface area (Å²) in [5.41, 5.74) is 7.30. The van der Waals surface area contributed by atoms with Crippen molar-refractivity contribution in [3.05, 3.63) is 108 Å². The Bertz CT molecular complexity index is 1610. The number of hydrogen-bond acceptors (Lipinski definition) is 5. The summed E-state index contributed by atoms with van der Waals surface area (Å²) in [6, 6.07) is 31.2. The maximum absolute atomic E-state index is 12.8. The van der Waals surface area contributed by atoms with Crippen LogP contribution in [0.4, 0.5) is 5.69 Å². The summed E-state index contributed by atoms with van der Waals surface area (Å²) in [6.45, 7) is 6.25. The Labute approximate surface area is 235 Å². The topological polar surface area (TPSA) is 60.2 Å². The summed E-state index contributed by atoms with van der Waals surface area (Å²) < 4.78 is 7.14. The van der Waals surface area contributed by atoms with E-state index in [0.29, 0.717) is 18.2 Å². The average molecular weight is 531 g/mol. The van der Waals surface area contributed by atoms with E-state index in [1.807, 2.05) is 48.0 Å². The number of rotatable bonds is 8. The first-order chi connectivity index (χ1) is 19.6. The number of carbonyl (C=O) groups excluding carboxylic acids is 1. The molecule has 6 nitrogen and oxygen atoms in total. The lowest BCUT2D eigenvalue weighted by molar-refractivity contribution is 0.0520. The van der Waals surface area contributed by atoms with E-state index < -0.39 is 5.97 Å². The van der Waals surface area contributed by atoms with Crippen LogP contribution in [-0.2, 0) is 11.2 Å².